The number of anilines is 3. The Morgan fingerprint density at radius 3 is 2.49 bits per heavy atom. The maximum Gasteiger partial charge on any atom is 0.318 e. The van der Waals surface area contributed by atoms with Crippen LogP contribution in [0.1, 0.15) is 11.1 Å². The van der Waals surface area contributed by atoms with Crippen molar-refractivity contribution in [1.82, 2.24) is 15.0 Å². The van der Waals surface area contributed by atoms with E-state index in [1.165, 1.54) is 7.11 Å². The fourth-order valence-electron chi connectivity index (χ4n) is 3.51. The molecule has 1 aliphatic rings. The van der Waals surface area contributed by atoms with Crippen molar-refractivity contribution < 1.29 is 19.3 Å². The van der Waals surface area contributed by atoms with Crippen molar-refractivity contribution >= 4 is 35.4 Å². The lowest BCUT2D eigenvalue weighted by atomic mass is 10.1. The number of nitrogens with zero attached hydrogens (tertiary/aromatic N) is 7. The highest BCUT2D eigenvalue weighted by atomic mass is 16.6. The number of ether oxygens (including phenoxy) is 2. The molecule has 0 saturated carbocycles. The van der Waals surface area contributed by atoms with Crippen LogP contribution in [0.25, 0.3) is 0 Å². The summed E-state index contributed by atoms with van der Waals surface area (Å²) in [6.45, 7) is 2.74. The molecule has 1 fully saturated rings. The van der Waals surface area contributed by atoms with Gasteiger partial charge in [-0.3, -0.25) is 20.2 Å². The number of hydrazone groups is 1. The molecule has 0 unspecified atom stereocenters. The van der Waals surface area contributed by atoms with E-state index in [0.29, 0.717) is 44.7 Å². The summed E-state index contributed by atoms with van der Waals surface area (Å²) in [5.74, 6) is 0.648. The maximum atomic E-state index is 11.4. The topological polar surface area (TPSA) is 183 Å². The molecule has 0 aliphatic carbocycles. The van der Waals surface area contributed by atoms with Gasteiger partial charge in [0.05, 0.1) is 48.0 Å². The minimum atomic E-state index is -0.762. The molecule has 0 bridgehead atoms. The van der Waals surface area contributed by atoms with Crippen molar-refractivity contribution in [2.75, 3.05) is 49.1 Å². The summed E-state index contributed by atoms with van der Waals surface area (Å²) in [6.07, 6.45) is 1.16. The third-order valence-corrected chi connectivity index (χ3v) is 5.27. The third-order valence-electron chi connectivity index (χ3n) is 5.27. The Bertz CT molecular complexity index is 1300. The highest BCUT2D eigenvalue weighted by Crippen LogP contribution is 2.34. The van der Waals surface area contributed by atoms with Crippen LogP contribution in [0.15, 0.2) is 47.6 Å². The van der Waals surface area contributed by atoms with Gasteiger partial charge in [0.1, 0.15) is 0 Å². The van der Waals surface area contributed by atoms with Gasteiger partial charge >= 0.3 is 5.69 Å². The number of nitrogens with one attached hydrogen (secondary N) is 2. The van der Waals surface area contributed by atoms with Crippen LogP contribution in [-0.2, 0) is 11.3 Å². The molecule has 4 rings (SSSR count). The molecule has 192 valence electrons. The first-order valence-corrected chi connectivity index (χ1v) is 11.1. The average Bonchev–Trinajstić information content (AvgIpc) is 2.92. The van der Waals surface area contributed by atoms with E-state index in [4.69, 9.17) is 9.47 Å². The molecule has 2 heterocycles. The number of benzene rings is 2. The normalized spacial score (nSPS) is 13.4. The number of nitro groups is 2. The van der Waals surface area contributed by atoms with Gasteiger partial charge in [-0.25, -0.2) is 5.43 Å². The fraction of sp³-hybridized carbons (Fsp3) is 0.273. The Morgan fingerprint density at radius 2 is 1.81 bits per heavy atom. The molecule has 1 aromatic heterocycles. The summed E-state index contributed by atoms with van der Waals surface area (Å²) in [6, 6.07) is 11.7. The summed E-state index contributed by atoms with van der Waals surface area (Å²) in [5.41, 5.74) is 2.70. The Morgan fingerprint density at radius 1 is 1.08 bits per heavy atom. The highest BCUT2D eigenvalue weighted by Gasteiger charge is 2.24. The van der Waals surface area contributed by atoms with Gasteiger partial charge in [0.25, 0.3) is 5.69 Å². The lowest BCUT2D eigenvalue weighted by molar-refractivity contribution is -0.394. The zero-order valence-electron chi connectivity index (χ0n) is 19.7. The first-order chi connectivity index (χ1) is 17.9. The van der Waals surface area contributed by atoms with Crippen LogP contribution in [0.3, 0.4) is 0 Å². The summed E-state index contributed by atoms with van der Waals surface area (Å²) in [4.78, 5) is 36.3. The lowest BCUT2D eigenvalue weighted by Gasteiger charge is -2.27. The average molecular weight is 509 g/mol. The molecule has 1 aliphatic heterocycles. The van der Waals surface area contributed by atoms with Crippen LogP contribution in [0, 0.1) is 20.2 Å². The van der Waals surface area contributed by atoms with E-state index in [-0.39, 0.29) is 17.3 Å². The summed E-state index contributed by atoms with van der Waals surface area (Å²) >= 11 is 0. The molecule has 2 N–H and O–H groups in total. The van der Waals surface area contributed by atoms with Crippen molar-refractivity contribution in [3.05, 3.63) is 73.8 Å². The van der Waals surface area contributed by atoms with Crippen molar-refractivity contribution in [1.29, 1.82) is 0 Å². The standard InChI is InChI=1S/C22H23N9O6/c1-36-19-16(11-17(30(32)33)12-18(19)31(34)35)14-24-28-21-25-20(23-13-15-5-3-2-4-6-15)26-22(27-21)29-7-9-37-10-8-29/h2-6,11-12,14H,7-10,13H2,1H3,(H2,23,25,26,27,28)/b24-14-. The quantitative estimate of drug-likeness (QED) is 0.232. The summed E-state index contributed by atoms with van der Waals surface area (Å²) < 4.78 is 10.5. The molecule has 0 atom stereocenters. The largest absolute Gasteiger partial charge is 0.490 e. The Hall–Kier alpha value is -4.92. The number of hydrogen-bond donors (Lipinski definition) is 2. The number of rotatable bonds is 10. The van der Waals surface area contributed by atoms with E-state index in [0.717, 1.165) is 23.9 Å². The van der Waals surface area contributed by atoms with Crippen molar-refractivity contribution in [3.8, 4) is 5.75 Å². The molecule has 0 amide bonds. The molecule has 0 radical (unpaired) electrons. The van der Waals surface area contributed by atoms with Gasteiger partial charge in [0.15, 0.2) is 0 Å². The minimum absolute atomic E-state index is 0.0285. The predicted molar refractivity (Wildman–Crippen MR) is 134 cm³/mol. The van der Waals surface area contributed by atoms with Gasteiger partial charge in [-0.15, -0.1) is 0 Å². The number of morpholine rings is 1. The Kier molecular flexibility index (Phi) is 7.95. The van der Waals surface area contributed by atoms with Crippen LogP contribution in [0.4, 0.5) is 29.2 Å². The molecule has 0 spiro atoms. The Balaban J connectivity index is 1.60. The maximum absolute atomic E-state index is 11.4. The predicted octanol–water partition coefficient (Wildman–Crippen LogP) is 2.59. The van der Waals surface area contributed by atoms with Crippen molar-refractivity contribution in [2.24, 2.45) is 5.10 Å². The summed E-state index contributed by atoms with van der Waals surface area (Å²) in [7, 11) is 1.23. The van der Waals surface area contributed by atoms with Crippen LogP contribution in [0.5, 0.6) is 5.75 Å². The van der Waals surface area contributed by atoms with E-state index >= 15 is 0 Å². The van der Waals surface area contributed by atoms with E-state index < -0.39 is 21.2 Å². The molecule has 3 aromatic rings. The zero-order valence-corrected chi connectivity index (χ0v) is 19.7. The van der Waals surface area contributed by atoms with Gasteiger partial charge in [-0.2, -0.15) is 20.1 Å². The molecule has 1 saturated heterocycles. The van der Waals surface area contributed by atoms with Gasteiger partial charge in [0.2, 0.25) is 23.6 Å². The van der Waals surface area contributed by atoms with E-state index in [9.17, 15) is 20.2 Å². The monoisotopic (exact) mass is 509 g/mol. The van der Waals surface area contributed by atoms with Crippen molar-refractivity contribution in [3.63, 3.8) is 0 Å². The Labute approximate surface area is 210 Å². The number of aromatic nitrogens is 3. The second-order valence-electron chi connectivity index (χ2n) is 7.69. The molecule has 15 heteroatoms. The van der Waals surface area contributed by atoms with Crippen LogP contribution in [-0.4, -0.2) is 64.4 Å². The van der Waals surface area contributed by atoms with E-state index in [1.807, 2.05) is 35.2 Å². The second kappa shape index (κ2) is 11.7. The first kappa shape index (κ1) is 25.2. The first-order valence-electron chi connectivity index (χ1n) is 11.1. The van der Waals surface area contributed by atoms with E-state index in [2.05, 4.69) is 30.8 Å². The number of nitro benzene ring substituents is 2. The van der Waals surface area contributed by atoms with Crippen LogP contribution < -0.4 is 20.4 Å². The lowest BCUT2D eigenvalue weighted by Crippen LogP contribution is -2.37. The van der Waals surface area contributed by atoms with Gasteiger partial charge < -0.3 is 19.7 Å². The molecule has 37 heavy (non-hydrogen) atoms. The van der Waals surface area contributed by atoms with Gasteiger partial charge in [-0.05, 0) is 5.56 Å². The summed E-state index contributed by atoms with van der Waals surface area (Å²) in [5, 5.41) is 29.8. The van der Waals surface area contributed by atoms with Crippen LogP contribution >= 0.6 is 0 Å². The molecular formula is C22H23N9O6. The fourth-order valence-corrected chi connectivity index (χ4v) is 3.51. The zero-order chi connectivity index (χ0) is 26.2. The molecule has 2 aromatic carbocycles. The van der Waals surface area contributed by atoms with E-state index in [1.54, 1.807) is 0 Å². The number of hydrogen-bond acceptors (Lipinski definition) is 13. The number of non-ortho nitro benzene ring substituents is 1. The number of methoxy groups -OCH3 is 1. The second-order valence-corrected chi connectivity index (χ2v) is 7.69. The SMILES string of the molecule is COc1c(/C=N\Nc2nc(NCc3ccccc3)nc(N3CCOCC3)n2)cc([N+](=O)[O-])cc1[N+](=O)[O-]. The molecular weight excluding hydrogens is 486 g/mol. The highest BCUT2D eigenvalue weighted by molar-refractivity contribution is 5.87. The third kappa shape index (κ3) is 6.40. The van der Waals surface area contributed by atoms with Gasteiger partial charge in [0, 0.05) is 25.7 Å². The van der Waals surface area contributed by atoms with Gasteiger partial charge in [-0.1, -0.05) is 30.3 Å². The smallest absolute Gasteiger partial charge is 0.318 e. The van der Waals surface area contributed by atoms with Crippen molar-refractivity contribution in [2.45, 2.75) is 6.54 Å². The van der Waals surface area contributed by atoms with Crippen LogP contribution in [0.2, 0.25) is 0 Å². The minimum Gasteiger partial charge on any atom is -0.490 e. The molecule has 15 nitrogen and oxygen atoms in total.